The molecule has 0 N–H and O–H groups in total. The predicted molar refractivity (Wildman–Crippen MR) is 129 cm³/mol. The summed E-state index contributed by atoms with van der Waals surface area (Å²) in [4.78, 5) is 22.3. The largest absolute Gasteiger partial charge is 0.337 e. The van der Waals surface area contributed by atoms with Crippen LogP contribution in [0.1, 0.15) is 22.3 Å². The lowest BCUT2D eigenvalue weighted by atomic mass is 10.1. The van der Waals surface area contributed by atoms with Gasteiger partial charge in [-0.15, -0.1) is 0 Å². The van der Waals surface area contributed by atoms with E-state index in [4.69, 9.17) is 5.10 Å². The molecule has 1 amide bonds. The fourth-order valence-electron chi connectivity index (χ4n) is 4.30. The highest BCUT2D eigenvalue weighted by Gasteiger charge is 2.25. The second-order valence-electron chi connectivity index (χ2n) is 8.32. The number of benzene rings is 2. The third-order valence-electron chi connectivity index (χ3n) is 6.03. The summed E-state index contributed by atoms with van der Waals surface area (Å²) in [6.45, 7) is 4.20. The summed E-state index contributed by atoms with van der Waals surface area (Å²) in [7, 11) is 0. The van der Waals surface area contributed by atoms with Gasteiger partial charge in [0, 0.05) is 56.9 Å². The number of para-hydroxylation sites is 1. The highest BCUT2D eigenvalue weighted by Crippen LogP contribution is 2.25. The number of nitrogens with zero attached hydrogens (tertiary/aromatic N) is 5. The van der Waals surface area contributed by atoms with E-state index in [2.05, 4.69) is 34.1 Å². The zero-order valence-corrected chi connectivity index (χ0v) is 18.5. The Morgan fingerprint density at radius 1 is 0.848 bits per heavy atom. The SMILES string of the molecule is O=C(c1cn(-c2ccccc2)nc1-c1cccnc1)N1CCCN(Cc2ccccc2)CC1. The summed E-state index contributed by atoms with van der Waals surface area (Å²) in [6.07, 6.45) is 6.30. The van der Waals surface area contributed by atoms with E-state index < -0.39 is 0 Å². The maximum absolute atomic E-state index is 13.7. The van der Waals surface area contributed by atoms with E-state index in [-0.39, 0.29) is 5.91 Å². The predicted octanol–water partition coefficient (Wildman–Crippen LogP) is 4.28. The van der Waals surface area contributed by atoms with Crippen molar-refractivity contribution in [1.82, 2.24) is 24.6 Å². The Bertz CT molecular complexity index is 1190. The first-order valence-corrected chi connectivity index (χ1v) is 11.4. The van der Waals surface area contributed by atoms with Crippen LogP contribution >= 0.6 is 0 Å². The van der Waals surface area contributed by atoms with Crippen LogP contribution < -0.4 is 0 Å². The Morgan fingerprint density at radius 3 is 2.39 bits per heavy atom. The summed E-state index contributed by atoms with van der Waals surface area (Å²) in [5, 5.41) is 4.78. The maximum atomic E-state index is 13.7. The number of hydrogen-bond acceptors (Lipinski definition) is 4. The van der Waals surface area contributed by atoms with Crippen LogP contribution in [0.3, 0.4) is 0 Å². The summed E-state index contributed by atoms with van der Waals surface area (Å²) < 4.78 is 1.79. The van der Waals surface area contributed by atoms with Gasteiger partial charge in [-0.05, 0) is 36.2 Å². The number of hydrogen-bond donors (Lipinski definition) is 0. The second kappa shape index (κ2) is 9.79. The van der Waals surface area contributed by atoms with Crippen LogP contribution in [0.25, 0.3) is 16.9 Å². The quantitative estimate of drug-likeness (QED) is 0.468. The van der Waals surface area contributed by atoms with Gasteiger partial charge in [0.15, 0.2) is 0 Å². The van der Waals surface area contributed by atoms with E-state index >= 15 is 0 Å². The lowest BCUT2D eigenvalue weighted by Crippen LogP contribution is -2.35. The number of carbonyl (C=O) groups excluding carboxylic acids is 1. The highest BCUT2D eigenvalue weighted by molar-refractivity contribution is 6.00. The van der Waals surface area contributed by atoms with Crippen LogP contribution in [0.4, 0.5) is 0 Å². The van der Waals surface area contributed by atoms with E-state index in [0.29, 0.717) is 17.8 Å². The van der Waals surface area contributed by atoms with Gasteiger partial charge in [0.25, 0.3) is 5.91 Å². The van der Waals surface area contributed by atoms with Crippen LogP contribution in [0.5, 0.6) is 0 Å². The van der Waals surface area contributed by atoms with Gasteiger partial charge in [-0.1, -0.05) is 48.5 Å². The average Bonchev–Trinajstić information content (AvgIpc) is 3.20. The van der Waals surface area contributed by atoms with E-state index in [1.165, 1.54) is 5.56 Å². The van der Waals surface area contributed by atoms with Crippen molar-refractivity contribution in [1.29, 1.82) is 0 Å². The van der Waals surface area contributed by atoms with Crippen LogP contribution in [0, 0.1) is 0 Å². The molecule has 5 rings (SSSR count). The monoisotopic (exact) mass is 437 g/mol. The molecular weight excluding hydrogens is 410 g/mol. The lowest BCUT2D eigenvalue weighted by Gasteiger charge is -2.22. The van der Waals surface area contributed by atoms with Gasteiger partial charge in [-0.25, -0.2) is 4.68 Å². The molecular formula is C27H27N5O. The third kappa shape index (κ3) is 4.86. The summed E-state index contributed by atoms with van der Waals surface area (Å²) in [6, 6.07) is 24.2. The molecule has 0 aliphatic carbocycles. The smallest absolute Gasteiger partial charge is 0.257 e. The Kier molecular flexibility index (Phi) is 6.26. The molecule has 166 valence electrons. The van der Waals surface area contributed by atoms with Crippen molar-refractivity contribution in [2.45, 2.75) is 13.0 Å². The van der Waals surface area contributed by atoms with Crippen molar-refractivity contribution in [2.24, 2.45) is 0 Å². The third-order valence-corrected chi connectivity index (χ3v) is 6.03. The molecule has 4 aromatic rings. The van der Waals surface area contributed by atoms with Gasteiger partial charge < -0.3 is 4.90 Å². The fraction of sp³-hybridized carbons (Fsp3) is 0.222. The molecule has 0 radical (unpaired) electrons. The normalized spacial score (nSPS) is 14.7. The molecule has 0 unspecified atom stereocenters. The minimum absolute atomic E-state index is 0.0256. The maximum Gasteiger partial charge on any atom is 0.257 e. The molecule has 0 saturated carbocycles. The van der Waals surface area contributed by atoms with Crippen LogP contribution in [0.2, 0.25) is 0 Å². The first-order chi connectivity index (χ1) is 16.3. The summed E-state index contributed by atoms with van der Waals surface area (Å²) in [5.74, 6) is 0.0256. The summed E-state index contributed by atoms with van der Waals surface area (Å²) in [5.41, 5.74) is 4.36. The van der Waals surface area contributed by atoms with Gasteiger partial charge >= 0.3 is 0 Å². The lowest BCUT2D eigenvalue weighted by molar-refractivity contribution is 0.0762. The highest BCUT2D eigenvalue weighted by atomic mass is 16.2. The summed E-state index contributed by atoms with van der Waals surface area (Å²) >= 11 is 0. The number of rotatable bonds is 5. The number of carbonyl (C=O) groups is 1. The van der Waals surface area contributed by atoms with E-state index in [1.807, 2.05) is 59.6 Å². The molecule has 2 aromatic heterocycles. The molecule has 33 heavy (non-hydrogen) atoms. The van der Waals surface area contributed by atoms with Crippen molar-refractivity contribution < 1.29 is 4.79 Å². The number of amides is 1. The molecule has 1 aliphatic rings. The van der Waals surface area contributed by atoms with E-state index in [9.17, 15) is 4.79 Å². The fourth-order valence-corrected chi connectivity index (χ4v) is 4.30. The zero-order chi connectivity index (χ0) is 22.5. The van der Waals surface area contributed by atoms with Crippen LogP contribution in [0.15, 0.2) is 91.4 Å². The zero-order valence-electron chi connectivity index (χ0n) is 18.5. The number of aromatic nitrogens is 3. The molecule has 0 bridgehead atoms. The standard InChI is InChI=1S/C27H27N5O/c33-27(31-16-8-15-30(17-18-31)20-22-9-3-1-4-10-22)25-21-32(24-12-5-2-6-13-24)29-26(25)23-11-7-14-28-19-23/h1-7,9-14,19,21H,8,15-18,20H2. The Labute approximate surface area is 194 Å². The van der Waals surface area contributed by atoms with Gasteiger partial charge in [-0.3, -0.25) is 14.7 Å². The Morgan fingerprint density at radius 2 is 1.64 bits per heavy atom. The van der Waals surface area contributed by atoms with E-state index in [0.717, 1.165) is 43.9 Å². The number of pyridine rings is 1. The molecule has 3 heterocycles. The molecule has 1 saturated heterocycles. The second-order valence-corrected chi connectivity index (χ2v) is 8.32. The minimum Gasteiger partial charge on any atom is -0.337 e. The van der Waals surface area contributed by atoms with Gasteiger partial charge in [0.05, 0.1) is 11.3 Å². The molecule has 2 aromatic carbocycles. The van der Waals surface area contributed by atoms with Crippen molar-refractivity contribution in [3.63, 3.8) is 0 Å². The average molecular weight is 438 g/mol. The van der Waals surface area contributed by atoms with Gasteiger partial charge in [0.1, 0.15) is 5.69 Å². The van der Waals surface area contributed by atoms with Gasteiger partial charge in [0.2, 0.25) is 0 Å². The topological polar surface area (TPSA) is 54.3 Å². The van der Waals surface area contributed by atoms with Crippen molar-refractivity contribution in [3.05, 3.63) is 103 Å². The Balaban J connectivity index is 1.39. The van der Waals surface area contributed by atoms with Gasteiger partial charge in [-0.2, -0.15) is 5.10 Å². The first-order valence-electron chi connectivity index (χ1n) is 11.4. The van der Waals surface area contributed by atoms with Crippen LogP contribution in [-0.2, 0) is 6.54 Å². The minimum atomic E-state index is 0.0256. The van der Waals surface area contributed by atoms with E-state index in [1.54, 1.807) is 17.1 Å². The van der Waals surface area contributed by atoms with Crippen molar-refractivity contribution in [3.8, 4) is 16.9 Å². The molecule has 6 nitrogen and oxygen atoms in total. The first kappa shape index (κ1) is 21.1. The van der Waals surface area contributed by atoms with Crippen LogP contribution in [-0.4, -0.2) is 56.7 Å². The molecule has 0 atom stereocenters. The Hall–Kier alpha value is -3.77. The molecule has 1 fully saturated rings. The van der Waals surface area contributed by atoms with Crippen molar-refractivity contribution >= 4 is 5.91 Å². The molecule has 1 aliphatic heterocycles. The molecule has 0 spiro atoms. The van der Waals surface area contributed by atoms with Crippen molar-refractivity contribution in [2.75, 3.05) is 26.2 Å². The molecule has 6 heteroatoms.